The zero-order valence-electron chi connectivity index (χ0n) is 12.8. The van der Waals surface area contributed by atoms with Crippen LogP contribution in [0.1, 0.15) is 58.8 Å². The maximum atomic E-state index is 11.9. The summed E-state index contributed by atoms with van der Waals surface area (Å²) in [4.78, 5) is 23.7. The zero-order valence-corrected chi connectivity index (χ0v) is 12.8. The average molecular weight is 283 g/mol. The summed E-state index contributed by atoms with van der Waals surface area (Å²) in [5.74, 6) is 0.353. The highest BCUT2D eigenvalue weighted by Crippen LogP contribution is 2.26. The summed E-state index contributed by atoms with van der Waals surface area (Å²) in [6.07, 6.45) is 7.32. The smallest absolute Gasteiger partial charge is 0.242 e. The normalized spacial score (nSPS) is 19.1. The van der Waals surface area contributed by atoms with Crippen molar-refractivity contribution in [2.45, 2.75) is 70.9 Å². The number of nitrogens with two attached hydrogens (primary N) is 1. The van der Waals surface area contributed by atoms with Crippen molar-refractivity contribution in [3.8, 4) is 0 Å². The van der Waals surface area contributed by atoms with Gasteiger partial charge in [0.15, 0.2) is 0 Å². The van der Waals surface area contributed by atoms with Crippen molar-refractivity contribution in [2.75, 3.05) is 6.54 Å². The second kappa shape index (κ2) is 8.95. The molecule has 2 atom stereocenters. The molecule has 4 N–H and O–H groups in total. The van der Waals surface area contributed by atoms with E-state index in [0.29, 0.717) is 18.9 Å². The van der Waals surface area contributed by atoms with Crippen LogP contribution in [0, 0.1) is 5.92 Å². The van der Waals surface area contributed by atoms with E-state index < -0.39 is 6.04 Å². The summed E-state index contributed by atoms with van der Waals surface area (Å²) in [6.45, 7) is 4.18. The molecule has 5 heteroatoms. The molecule has 20 heavy (non-hydrogen) atoms. The molecule has 0 saturated heterocycles. The van der Waals surface area contributed by atoms with Crippen LogP contribution in [0.4, 0.5) is 0 Å². The molecule has 0 aliphatic heterocycles. The summed E-state index contributed by atoms with van der Waals surface area (Å²) >= 11 is 0. The minimum atomic E-state index is -0.473. The van der Waals surface area contributed by atoms with Gasteiger partial charge in [0.05, 0.1) is 0 Å². The fourth-order valence-corrected chi connectivity index (χ4v) is 2.60. The molecule has 2 unspecified atom stereocenters. The molecule has 0 aromatic rings. The minimum Gasteiger partial charge on any atom is -0.354 e. The average Bonchev–Trinajstić information content (AvgIpc) is 2.39. The van der Waals surface area contributed by atoms with Crippen LogP contribution in [0.15, 0.2) is 0 Å². The number of amides is 2. The molecule has 116 valence electrons. The Balaban J connectivity index is 2.20. The van der Waals surface area contributed by atoms with Crippen LogP contribution in [-0.2, 0) is 9.59 Å². The van der Waals surface area contributed by atoms with E-state index in [2.05, 4.69) is 10.6 Å². The zero-order chi connectivity index (χ0) is 15.0. The van der Waals surface area contributed by atoms with E-state index in [1.807, 2.05) is 6.92 Å². The van der Waals surface area contributed by atoms with E-state index in [-0.39, 0.29) is 17.9 Å². The van der Waals surface area contributed by atoms with Gasteiger partial charge in [0, 0.05) is 19.0 Å². The van der Waals surface area contributed by atoms with Gasteiger partial charge in [-0.15, -0.1) is 0 Å². The quantitative estimate of drug-likeness (QED) is 0.659. The first-order valence-corrected chi connectivity index (χ1v) is 7.81. The number of hydrogen-bond donors (Lipinski definition) is 3. The van der Waals surface area contributed by atoms with E-state index in [1.165, 1.54) is 19.3 Å². The summed E-state index contributed by atoms with van der Waals surface area (Å²) in [6, 6.07) is -0.398. The lowest BCUT2D eigenvalue weighted by molar-refractivity contribution is -0.129. The molecule has 0 aromatic carbocycles. The second-order valence-corrected chi connectivity index (χ2v) is 6.05. The van der Waals surface area contributed by atoms with Crippen molar-refractivity contribution in [3.63, 3.8) is 0 Å². The third-order valence-corrected chi connectivity index (χ3v) is 3.87. The van der Waals surface area contributed by atoms with Crippen molar-refractivity contribution in [1.29, 1.82) is 0 Å². The lowest BCUT2D eigenvalue weighted by atomic mass is 9.87. The van der Waals surface area contributed by atoms with Crippen molar-refractivity contribution >= 4 is 11.8 Å². The van der Waals surface area contributed by atoms with E-state index >= 15 is 0 Å². The summed E-state index contributed by atoms with van der Waals surface area (Å²) in [7, 11) is 0. The Labute approximate surface area is 122 Å². The summed E-state index contributed by atoms with van der Waals surface area (Å²) in [5.41, 5.74) is 5.62. The summed E-state index contributed by atoms with van der Waals surface area (Å²) < 4.78 is 0. The topological polar surface area (TPSA) is 84.2 Å². The highest BCUT2D eigenvalue weighted by molar-refractivity contribution is 5.87. The highest BCUT2D eigenvalue weighted by atomic mass is 16.2. The Bertz CT molecular complexity index is 312. The van der Waals surface area contributed by atoms with Crippen molar-refractivity contribution in [2.24, 2.45) is 11.7 Å². The first-order valence-electron chi connectivity index (χ1n) is 7.81. The maximum Gasteiger partial charge on any atom is 0.242 e. The van der Waals surface area contributed by atoms with Gasteiger partial charge in [0.2, 0.25) is 11.8 Å². The van der Waals surface area contributed by atoms with Crippen molar-refractivity contribution in [1.82, 2.24) is 10.6 Å². The van der Waals surface area contributed by atoms with Gasteiger partial charge in [-0.05, 0) is 39.0 Å². The SMILES string of the molecule is CC(N)CCNC(=O)C(C)NC(=O)CC1CCCCC1. The number of hydrogen-bond acceptors (Lipinski definition) is 3. The summed E-state index contributed by atoms with van der Waals surface area (Å²) in [5, 5.41) is 5.57. The number of rotatable bonds is 7. The van der Waals surface area contributed by atoms with Gasteiger partial charge in [-0.2, -0.15) is 0 Å². The Morgan fingerprint density at radius 3 is 2.45 bits per heavy atom. The first kappa shape index (κ1) is 17.0. The van der Waals surface area contributed by atoms with Gasteiger partial charge in [-0.3, -0.25) is 9.59 Å². The molecule has 1 fully saturated rings. The van der Waals surface area contributed by atoms with Crippen molar-refractivity contribution in [3.05, 3.63) is 0 Å². The molecular formula is C15H29N3O2. The Kier molecular flexibility index (Phi) is 7.59. The lowest BCUT2D eigenvalue weighted by Crippen LogP contribution is -2.45. The van der Waals surface area contributed by atoms with Gasteiger partial charge < -0.3 is 16.4 Å². The molecule has 1 aliphatic rings. The predicted octanol–water partition coefficient (Wildman–Crippen LogP) is 1.31. The molecule has 0 bridgehead atoms. The van der Waals surface area contributed by atoms with E-state index in [9.17, 15) is 9.59 Å². The van der Waals surface area contributed by atoms with E-state index in [0.717, 1.165) is 19.3 Å². The van der Waals surface area contributed by atoms with Crippen LogP contribution in [0.25, 0.3) is 0 Å². The number of nitrogens with one attached hydrogen (secondary N) is 2. The third-order valence-electron chi connectivity index (χ3n) is 3.87. The van der Waals surface area contributed by atoms with Crippen LogP contribution >= 0.6 is 0 Å². The largest absolute Gasteiger partial charge is 0.354 e. The van der Waals surface area contributed by atoms with Gasteiger partial charge in [0.1, 0.15) is 6.04 Å². The molecule has 0 spiro atoms. The fraction of sp³-hybridized carbons (Fsp3) is 0.867. The van der Waals surface area contributed by atoms with E-state index in [4.69, 9.17) is 5.73 Å². The van der Waals surface area contributed by atoms with Crippen LogP contribution in [0.2, 0.25) is 0 Å². The van der Waals surface area contributed by atoms with Crippen LogP contribution in [-0.4, -0.2) is 30.4 Å². The molecule has 1 rings (SSSR count). The fourth-order valence-electron chi connectivity index (χ4n) is 2.60. The minimum absolute atomic E-state index is 0.00765. The van der Waals surface area contributed by atoms with Gasteiger partial charge in [0.25, 0.3) is 0 Å². The highest BCUT2D eigenvalue weighted by Gasteiger charge is 2.20. The monoisotopic (exact) mass is 283 g/mol. The van der Waals surface area contributed by atoms with Gasteiger partial charge in [-0.25, -0.2) is 0 Å². The Morgan fingerprint density at radius 1 is 1.20 bits per heavy atom. The molecular weight excluding hydrogens is 254 g/mol. The molecule has 1 aliphatic carbocycles. The van der Waals surface area contributed by atoms with Crippen LogP contribution < -0.4 is 16.4 Å². The molecule has 2 amide bonds. The first-order chi connectivity index (χ1) is 9.49. The number of carbonyl (C=O) groups is 2. The van der Waals surface area contributed by atoms with Crippen molar-refractivity contribution < 1.29 is 9.59 Å². The molecule has 0 heterocycles. The molecule has 0 radical (unpaired) electrons. The molecule has 1 saturated carbocycles. The Morgan fingerprint density at radius 2 is 1.85 bits per heavy atom. The van der Waals surface area contributed by atoms with Gasteiger partial charge in [-0.1, -0.05) is 19.3 Å². The standard InChI is InChI=1S/C15H29N3O2/c1-11(16)8-9-17-15(20)12(2)18-14(19)10-13-6-4-3-5-7-13/h11-13H,3-10,16H2,1-2H3,(H,17,20)(H,18,19). The van der Waals surface area contributed by atoms with Gasteiger partial charge >= 0.3 is 0 Å². The van der Waals surface area contributed by atoms with Crippen LogP contribution in [0.5, 0.6) is 0 Å². The lowest BCUT2D eigenvalue weighted by Gasteiger charge is -2.22. The van der Waals surface area contributed by atoms with E-state index in [1.54, 1.807) is 6.92 Å². The molecule has 0 aromatic heterocycles. The Hall–Kier alpha value is -1.10. The van der Waals surface area contributed by atoms with Crippen LogP contribution in [0.3, 0.4) is 0 Å². The third kappa shape index (κ3) is 6.89. The second-order valence-electron chi connectivity index (χ2n) is 6.05. The predicted molar refractivity (Wildman–Crippen MR) is 80.1 cm³/mol. The molecule has 5 nitrogen and oxygen atoms in total. The maximum absolute atomic E-state index is 11.9. The number of carbonyl (C=O) groups excluding carboxylic acids is 2.